The molecule has 1 aromatic heterocycles. The van der Waals surface area contributed by atoms with Crippen molar-refractivity contribution in [2.75, 3.05) is 13.1 Å². The molecule has 3 atom stereocenters. The molecular weight excluding hydrogens is 354 g/mol. The van der Waals surface area contributed by atoms with Gasteiger partial charge in [0.2, 0.25) is 11.8 Å². The second kappa shape index (κ2) is 8.50. The molecule has 2 aliphatic rings. The van der Waals surface area contributed by atoms with E-state index in [1.165, 1.54) is 5.56 Å². The summed E-state index contributed by atoms with van der Waals surface area (Å²) in [4.78, 5) is 30.8. The normalized spacial score (nSPS) is 24.5. The van der Waals surface area contributed by atoms with E-state index in [-0.39, 0.29) is 29.9 Å². The second-order valence-electron chi connectivity index (χ2n) is 7.40. The highest BCUT2D eigenvalue weighted by atomic mass is 16.2. The summed E-state index contributed by atoms with van der Waals surface area (Å²) in [5, 5.41) is 3.04. The summed E-state index contributed by atoms with van der Waals surface area (Å²) < 4.78 is 0. The van der Waals surface area contributed by atoms with Crippen LogP contribution in [0.2, 0.25) is 0 Å². The highest BCUT2D eigenvalue weighted by molar-refractivity contribution is 5.85. The summed E-state index contributed by atoms with van der Waals surface area (Å²) in [5.41, 5.74) is 8.55. The van der Waals surface area contributed by atoms with E-state index in [1.807, 2.05) is 35.2 Å². The lowest BCUT2D eigenvalue weighted by Crippen LogP contribution is -2.47. The van der Waals surface area contributed by atoms with Crippen LogP contribution in [0.15, 0.2) is 54.9 Å². The van der Waals surface area contributed by atoms with Crippen LogP contribution < -0.4 is 16.2 Å². The Labute approximate surface area is 164 Å². The number of hydrazine groups is 1. The van der Waals surface area contributed by atoms with E-state index in [4.69, 9.17) is 0 Å². The SMILES string of the molecule is O=C(NC1CC(=O)N(CCc2ccccc2)C1)C1CC(c2ccncc2)NN1. The van der Waals surface area contributed by atoms with Crippen LogP contribution in [0.3, 0.4) is 0 Å². The highest BCUT2D eigenvalue weighted by Crippen LogP contribution is 2.22. The second-order valence-corrected chi connectivity index (χ2v) is 7.40. The Morgan fingerprint density at radius 3 is 2.71 bits per heavy atom. The predicted octanol–water partition coefficient (Wildman–Crippen LogP) is 0.949. The van der Waals surface area contributed by atoms with Gasteiger partial charge in [-0.25, -0.2) is 10.9 Å². The van der Waals surface area contributed by atoms with Gasteiger partial charge in [0.25, 0.3) is 0 Å². The third-order valence-electron chi connectivity index (χ3n) is 5.40. The maximum absolute atomic E-state index is 12.6. The van der Waals surface area contributed by atoms with Crippen molar-refractivity contribution in [1.82, 2.24) is 26.1 Å². The standard InChI is InChI=1S/C21H25N5O2/c27-20-12-17(14-26(20)11-8-15-4-2-1-3-5-15)23-21(28)19-13-18(24-25-19)16-6-9-22-10-7-16/h1-7,9-10,17-19,24-25H,8,11-14H2,(H,23,28). The molecule has 2 aromatic rings. The predicted molar refractivity (Wildman–Crippen MR) is 105 cm³/mol. The number of aromatic nitrogens is 1. The first-order valence-corrected chi connectivity index (χ1v) is 9.72. The molecule has 3 N–H and O–H groups in total. The minimum atomic E-state index is -0.313. The molecule has 7 heteroatoms. The van der Waals surface area contributed by atoms with Gasteiger partial charge in [0, 0.05) is 37.9 Å². The highest BCUT2D eigenvalue weighted by Gasteiger charge is 2.34. The molecule has 0 aliphatic carbocycles. The number of likely N-dealkylation sites (tertiary alicyclic amines) is 1. The largest absolute Gasteiger partial charge is 0.350 e. The van der Waals surface area contributed by atoms with Crippen molar-refractivity contribution in [2.24, 2.45) is 0 Å². The fourth-order valence-electron chi connectivity index (χ4n) is 3.84. The Hall–Kier alpha value is -2.77. The lowest BCUT2D eigenvalue weighted by molar-refractivity contribution is -0.127. The van der Waals surface area contributed by atoms with Crippen LogP contribution in [0.4, 0.5) is 0 Å². The zero-order chi connectivity index (χ0) is 19.3. The van der Waals surface area contributed by atoms with Gasteiger partial charge >= 0.3 is 0 Å². The van der Waals surface area contributed by atoms with Gasteiger partial charge in [0.15, 0.2) is 0 Å². The Bertz CT molecular complexity index is 814. The molecule has 2 amide bonds. The first kappa shape index (κ1) is 18.6. The lowest BCUT2D eigenvalue weighted by atomic mass is 10.0. The van der Waals surface area contributed by atoms with Crippen molar-refractivity contribution in [2.45, 2.75) is 37.4 Å². The van der Waals surface area contributed by atoms with E-state index >= 15 is 0 Å². The molecule has 4 rings (SSSR count). The number of nitrogens with one attached hydrogen (secondary N) is 3. The van der Waals surface area contributed by atoms with Gasteiger partial charge in [-0.2, -0.15) is 0 Å². The van der Waals surface area contributed by atoms with E-state index in [2.05, 4.69) is 33.3 Å². The third-order valence-corrected chi connectivity index (χ3v) is 5.40. The summed E-state index contributed by atoms with van der Waals surface area (Å²) in [7, 11) is 0. The van der Waals surface area contributed by atoms with E-state index in [1.54, 1.807) is 12.4 Å². The summed E-state index contributed by atoms with van der Waals surface area (Å²) >= 11 is 0. The fourth-order valence-corrected chi connectivity index (χ4v) is 3.84. The molecule has 0 bridgehead atoms. The maximum atomic E-state index is 12.6. The molecule has 2 aliphatic heterocycles. The van der Waals surface area contributed by atoms with Gasteiger partial charge in [-0.05, 0) is 36.1 Å². The minimum absolute atomic E-state index is 0.0632. The number of carbonyl (C=O) groups excluding carboxylic acids is 2. The minimum Gasteiger partial charge on any atom is -0.350 e. The quantitative estimate of drug-likeness (QED) is 0.696. The van der Waals surface area contributed by atoms with Gasteiger partial charge < -0.3 is 10.2 Å². The zero-order valence-corrected chi connectivity index (χ0v) is 15.7. The monoisotopic (exact) mass is 379 g/mol. The molecule has 0 spiro atoms. The summed E-state index contributed by atoms with van der Waals surface area (Å²) in [6.45, 7) is 1.26. The van der Waals surface area contributed by atoms with Gasteiger partial charge in [0.05, 0.1) is 6.04 Å². The Morgan fingerprint density at radius 1 is 1.14 bits per heavy atom. The molecule has 7 nitrogen and oxygen atoms in total. The maximum Gasteiger partial charge on any atom is 0.238 e. The Morgan fingerprint density at radius 2 is 1.93 bits per heavy atom. The molecule has 0 saturated carbocycles. The van der Waals surface area contributed by atoms with Crippen LogP contribution >= 0.6 is 0 Å². The van der Waals surface area contributed by atoms with E-state index in [9.17, 15) is 9.59 Å². The van der Waals surface area contributed by atoms with Gasteiger partial charge in [-0.1, -0.05) is 30.3 Å². The van der Waals surface area contributed by atoms with Crippen LogP contribution in [0.1, 0.15) is 30.0 Å². The summed E-state index contributed by atoms with van der Waals surface area (Å²) in [6, 6.07) is 13.7. The molecule has 3 heterocycles. The molecule has 1 aromatic carbocycles. The number of amides is 2. The number of benzene rings is 1. The molecule has 28 heavy (non-hydrogen) atoms. The van der Waals surface area contributed by atoms with Crippen LogP contribution in [0.25, 0.3) is 0 Å². The van der Waals surface area contributed by atoms with Crippen LogP contribution in [0.5, 0.6) is 0 Å². The van der Waals surface area contributed by atoms with Crippen LogP contribution in [0, 0.1) is 0 Å². The molecule has 146 valence electrons. The fraction of sp³-hybridized carbons (Fsp3) is 0.381. The van der Waals surface area contributed by atoms with Crippen molar-refractivity contribution in [3.05, 3.63) is 66.0 Å². The number of hydrogen-bond acceptors (Lipinski definition) is 5. The third kappa shape index (κ3) is 4.37. The van der Waals surface area contributed by atoms with Gasteiger partial charge in [-0.15, -0.1) is 0 Å². The van der Waals surface area contributed by atoms with Crippen LogP contribution in [-0.4, -0.2) is 46.9 Å². The van der Waals surface area contributed by atoms with Gasteiger partial charge in [0.1, 0.15) is 6.04 Å². The molecule has 3 unspecified atom stereocenters. The zero-order valence-electron chi connectivity index (χ0n) is 15.7. The molecule has 2 fully saturated rings. The average molecular weight is 379 g/mol. The van der Waals surface area contributed by atoms with Crippen molar-refractivity contribution in [3.8, 4) is 0 Å². The summed E-state index contributed by atoms with van der Waals surface area (Å²) in [6.07, 6.45) is 5.36. The molecular formula is C21H25N5O2. The lowest BCUT2D eigenvalue weighted by Gasteiger charge is -2.18. The number of carbonyl (C=O) groups is 2. The van der Waals surface area contributed by atoms with Crippen molar-refractivity contribution >= 4 is 11.8 Å². The van der Waals surface area contributed by atoms with Gasteiger partial charge in [-0.3, -0.25) is 14.6 Å². The Balaban J connectivity index is 1.25. The number of hydrogen-bond donors (Lipinski definition) is 3. The molecule has 2 saturated heterocycles. The number of rotatable bonds is 6. The van der Waals surface area contributed by atoms with E-state index < -0.39 is 0 Å². The van der Waals surface area contributed by atoms with E-state index in [0.29, 0.717) is 25.9 Å². The first-order chi connectivity index (χ1) is 13.7. The average Bonchev–Trinajstić information content (AvgIpc) is 3.35. The Kier molecular flexibility index (Phi) is 5.64. The van der Waals surface area contributed by atoms with Crippen molar-refractivity contribution in [3.63, 3.8) is 0 Å². The number of pyridine rings is 1. The topological polar surface area (TPSA) is 86.4 Å². The number of nitrogens with zero attached hydrogens (tertiary/aromatic N) is 2. The first-order valence-electron chi connectivity index (χ1n) is 9.72. The summed E-state index contributed by atoms with van der Waals surface area (Å²) in [5.74, 6) is 0.0418. The smallest absolute Gasteiger partial charge is 0.238 e. The van der Waals surface area contributed by atoms with Crippen LogP contribution in [-0.2, 0) is 16.0 Å². The van der Waals surface area contributed by atoms with E-state index in [0.717, 1.165) is 12.0 Å². The molecule has 0 radical (unpaired) electrons. The van der Waals surface area contributed by atoms with Crippen molar-refractivity contribution in [1.29, 1.82) is 0 Å². The van der Waals surface area contributed by atoms with Crippen molar-refractivity contribution < 1.29 is 9.59 Å².